The average molecular weight is 370 g/mol. The van der Waals surface area contributed by atoms with Crippen LogP contribution in [0.25, 0.3) is 0 Å². The Labute approximate surface area is 159 Å². The Balaban J connectivity index is 1.82. The lowest BCUT2D eigenvalue weighted by atomic mass is 10.1. The molecule has 144 valence electrons. The Bertz CT molecular complexity index is 784. The Morgan fingerprint density at radius 2 is 1.67 bits per heavy atom. The second-order valence-electron chi connectivity index (χ2n) is 6.43. The highest BCUT2D eigenvalue weighted by molar-refractivity contribution is 5.85. The summed E-state index contributed by atoms with van der Waals surface area (Å²) >= 11 is 0. The third kappa shape index (κ3) is 6.33. The molecule has 2 aromatic rings. The lowest BCUT2D eigenvalue weighted by Gasteiger charge is -2.18. The maximum Gasteiger partial charge on any atom is 0.279 e. The van der Waals surface area contributed by atoms with E-state index in [1.165, 1.54) is 0 Å². The first-order valence-electron chi connectivity index (χ1n) is 8.91. The van der Waals surface area contributed by atoms with E-state index in [4.69, 9.17) is 9.47 Å². The molecule has 0 spiro atoms. The zero-order chi connectivity index (χ0) is 19.8. The molecule has 6 nitrogen and oxygen atoms in total. The van der Waals surface area contributed by atoms with Crippen LogP contribution in [0.5, 0.6) is 11.5 Å². The fourth-order valence-corrected chi connectivity index (χ4v) is 2.58. The summed E-state index contributed by atoms with van der Waals surface area (Å²) in [4.78, 5) is 24.2. The molecule has 2 rings (SSSR count). The number of hydrogen-bond donors (Lipinski definition) is 2. The lowest BCUT2D eigenvalue weighted by molar-refractivity contribution is -0.134. The molecule has 0 aliphatic heterocycles. The SMILES string of the molecule is CCC(Oc1ccccc1C)C(=O)NNC(=O)COc1cc(C)cc(C)c1. The predicted octanol–water partition coefficient (Wildman–Crippen LogP) is 3.00. The van der Waals surface area contributed by atoms with E-state index in [0.717, 1.165) is 16.7 Å². The number of hydrazine groups is 1. The van der Waals surface area contributed by atoms with Crippen LogP contribution in [-0.2, 0) is 9.59 Å². The van der Waals surface area contributed by atoms with Gasteiger partial charge in [0.25, 0.3) is 11.8 Å². The topological polar surface area (TPSA) is 76.7 Å². The first-order valence-corrected chi connectivity index (χ1v) is 8.91. The van der Waals surface area contributed by atoms with Gasteiger partial charge in [0.1, 0.15) is 11.5 Å². The summed E-state index contributed by atoms with van der Waals surface area (Å²) in [5.41, 5.74) is 7.79. The van der Waals surface area contributed by atoms with Crippen molar-refractivity contribution in [3.8, 4) is 11.5 Å². The van der Waals surface area contributed by atoms with Crippen LogP contribution in [0, 0.1) is 20.8 Å². The molecule has 0 fully saturated rings. The summed E-state index contributed by atoms with van der Waals surface area (Å²) in [6.45, 7) is 7.47. The van der Waals surface area contributed by atoms with E-state index < -0.39 is 17.9 Å². The van der Waals surface area contributed by atoms with Crippen LogP contribution in [0.15, 0.2) is 42.5 Å². The molecular weight excluding hydrogens is 344 g/mol. The molecule has 1 atom stereocenters. The Morgan fingerprint density at radius 3 is 2.30 bits per heavy atom. The quantitative estimate of drug-likeness (QED) is 0.735. The number of para-hydroxylation sites is 1. The Morgan fingerprint density at radius 1 is 1.00 bits per heavy atom. The van der Waals surface area contributed by atoms with Crippen molar-refractivity contribution in [3.05, 3.63) is 59.2 Å². The third-order valence-electron chi connectivity index (χ3n) is 3.92. The van der Waals surface area contributed by atoms with Gasteiger partial charge in [-0.25, -0.2) is 0 Å². The molecule has 2 aromatic carbocycles. The van der Waals surface area contributed by atoms with E-state index in [-0.39, 0.29) is 6.61 Å². The summed E-state index contributed by atoms with van der Waals surface area (Å²) in [5, 5.41) is 0. The molecule has 2 N–H and O–H groups in total. The van der Waals surface area contributed by atoms with E-state index in [1.807, 2.05) is 70.2 Å². The number of amides is 2. The molecule has 0 radical (unpaired) electrons. The minimum atomic E-state index is -0.702. The highest BCUT2D eigenvalue weighted by Gasteiger charge is 2.19. The molecule has 6 heteroatoms. The molecule has 0 aliphatic rings. The van der Waals surface area contributed by atoms with Gasteiger partial charge in [0, 0.05) is 0 Å². The van der Waals surface area contributed by atoms with Crippen LogP contribution < -0.4 is 20.3 Å². The maximum absolute atomic E-state index is 12.3. The highest BCUT2D eigenvalue weighted by Crippen LogP contribution is 2.19. The van der Waals surface area contributed by atoms with Crippen LogP contribution in [0.4, 0.5) is 0 Å². The van der Waals surface area contributed by atoms with Crippen LogP contribution >= 0.6 is 0 Å². The highest BCUT2D eigenvalue weighted by atomic mass is 16.5. The Hall–Kier alpha value is -3.02. The summed E-state index contributed by atoms with van der Waals surface area (Å²) in [6, 6.07) is 13.2. The molecular formula is C21H26N2O4. The minimum Gasteiger partial charge on any atom is -0.484 e. The van der Waals surface area contributed by atoms with Crippen molar-refractivity contribution < 1.29 is 19.1 Å². The number of carbonyl (C=O) groups is 2. The van der Waals surface area contributed by atoms with Crippen LogP contribution in [-0.4, -0.2) is 24.5 Å². The molecule has 0 aliphatic carbocycles. The van der Waals surface area contributed by atoms with Crippen LogP contribution in [0.3, 0.4) is 0 Å². The monoisotopic (exact) mass is 370 g/mol. The summed E-state index contributed by atoms with van der Waals surface area (Å²) < 4.78 is 11.2. The van der Waals surface area contributed by atoms with Crippen molar-refractivity contribution in [2.75, 3.05) is 6.61 Å². The number of nitrogens with one attached hydrogen (secondary N) is 2. The first-order chi connectivity index (χ1) is 12.9. The maximum atomic E-state index is 12.3. The van der Waals surface area contributed by atoms with E-state index in [1.54, 1.807) is 0 Å². The number of hydrogen-bond acceptors (Lipinski definition) is 4. The molecule has 27 heavy (non-hydrogen) atoms. The summed E-state index contributed by atoms with van der Waals surface area (Å²) in [5.74, 6) is 0.390. The van der Waals surface area contributed by atoms with Gasteiger partial charge in [-0.2, -0.15) is 0 Å². The van der Waals surface area contributed by atoms with Crippen molar-refractivity contribution in [3.63, 3.8) is 0 Å². The van der Waals surface area contributed by atoms with Crippen molar-refractivity contribution in [2.45, 2.75) is 40.2 Å². The third-order valence-corrected chi connectivity index (χ3v) is 3.92. The predicted molar refractivity (Wildman–Crippen MR) is 104 cm³/mol. The van der Waals surface area contributed by atoms with Crippen molar-refractivity contribution in [2.24, 2.45) is 0 Å². The molecule has 0 saturated heterocycles. The fraction of sp³-hybridized carbons (Fsp3) is 0.333. The van der Waals surface area contributed by atoms with E-state index in [9.17, 15) is 9.59 Å². The fourth-order valence-electron chi connectivity index (χ4n) is 2.58. The summed E-state index contributed by atoms with van der Waals surface area (Å²) in [6.07, 6.45) is -0.235. The van der Waals surface area contributed by atoms with Crippen molar-refractivity contribution >= 4 is 11.8 Å². The van der Waals surface area contributed by atoms with Gasteiger partial charge in [-0.1, -0.05) is 31.2 Å². The van der Waals surface area contributed by atoms with Gasteiger partial charge in [-0.15, -0.1) is 0 Å². The van der Waals surface area contributed by atoms with Crippen LogP contribution in [0.2, 0.25) is 0 Å². The van der Waals surface area contributed by atoms with E-state index in [0.29, 0.717) is 17.9 Å². The normalized spacial score (nSPS) is 11.4. The van der Waals surface area contributed by atoms with Crippen molar-refractivity contribution in [1.29, 1.82) is 0 Å². The molecule has 2 amide bonds. The zero-order valence-electron chi connectivity index (χ0n) is 16.2. The second-order valence-corrected chi connectivity index (χ2v) is 6.43. The van der Waals surface area contributed by atoms with Gasteiger partial charge < -0.3 is 9.47 Å². The van der Waals surface area contributed by atoms with E-state index in [2.05, 4.69) is 10.9 Å². The molecule has 1 unspecified atom stereocenters. The number of carbonyl (C=O) groups excluding carboxylic acids is 2. The van der Waals surface area contributed by atoms with Gasteiger partial charge in [-0.3, -0.25) is 20.4 Å². The molecule has 0 saturated carbocycles. The zero-order valence-corrected chi connectivity index (χ0v) is 16.2. The van der Waals surface area contributed by atoms with Gasteiger partial charge in [0.2, 0.25) is 0 Å². The largest absolute Gasteiger partial charge is 0.484 e. The smallest absolute Gasteiger partial charge is 0.279 e. The number of benzene rings is 2. The van der Waals surface area contributed by atoms with Gasteiger partial charge in [0.15, 0.2) is 12.7 Å². The van der Waals surface area contributed by atoms with Gasteiger partial charge in [0.05, 0.1) is 0 Å². The number of ether oxygens (including phenoxy) is 2. The molecule has 0 heterocycles. The average Bonchev–Trinajstić information content (AvgIpc) is 2.63. The van der Waals surface area contributed by atoms with E-state index >= 15 is 0 Å². The van der Waals surface area contributed by atoms with Crippen LogP contribution in [0.1, 0.15) is 30.0 Å². The molecule has 0 bridgehead atoms. The number of rotatable bonds is 7. The van der Waals surface area contributed by atoms with Gasteiger partial charge in [-0.05, 0) is 62.1 Å². The number of aryl methyl sites for hydroxylation is 3. The van der Waals surface area contributed by atoms with Gasteiger partial charge >= 0.3 is 0 Å². The summed E-state index contributed by atoms with van der Waals surface area (Å²) in [7, 11) is 0. The first kappa shape index (κ1) is 20.3. The standard InChI is InChI=1S/C21H26N2O4/c1-5-18(27-19-9-7-6-8-16(19)4)21(25)23-22-20(24)13-26-17-11-14(2)10-15(3)12-17/h6-12,18H,5,13H2,1-4H3,(H,22,24)(H,23,25). The lowest BCUT2D eigenvalue weighted by Crippen LogP contribution is -2.49. The Kier molecular flexibility index (Phi) is 7.23. The second kappa shape index (κ2) is 9.62. The molecule has 0 aromatic heterocycles. The van der Waals surface area contributed by atoms with Crippen molar-refractivity contribution in [1.82, 2.24) is 10.9 Å². The minimum absolute atomic E-state index is 0.196.